The van der Waals surface area contributed by atoms with Crippen molar-refractivity contribution in [2.75, 3.05) is 0 Å². The molecule has 1 heterocycles. The van der Waals surface area contributed by atoms with Crippen molar-refractivity contribution in [3.8, 4) is 28.1 Å². The molecule has 2 N–H and O–H groups in total. The normalized spacial score (nSPS) is 12.4. The molecule has 0 spiro atoms. The van der Waals surface area contributed by atoms with Gasteiger partial charge in [-0.15, -0.1) is 0 Å². The number of phenolic OH excluding ortho intramolecular Hbond substituents is 1. The molecule has 2 aromatic carbocycles. The first-order chi connectivity index (χ1) is 13.5. The van der Waals surface area contributed by atoms with Gasteiger partial charge in [-0.3, -0.25) is 4.98 Å². The second-order valence-corrected chi connectivity index (χ2v) is 6.90. The van der Waals surface area contributed by atoms with Crippen LogP contribution in [0.2, 0.25) is 0 Å². The molecule has 0 aliphatic carbocycles. The fourth-order valence-electron chi connectivity index (χ4n) is 2.95. The van der Waals surface area contributed by atoms with E-state index in [2.05, 4.69) is 11.1 Å². The number of hydrogen-bond acceptors (Lipinski definition) is 3. The SMILES string of the molecule is CC(O)CCC/C=C/c1ccc(-c2ccc(-c3ccc(O)c(F)c3)cc2)nc1. The van der Waals surface area contributed by atoms with Crippen LogP contribution in [-0.2, 0) is 0 Å². The topological polar surface area (TPSA) is 53.4 Å². The number of allylic oxidation sites excluding steroid dienone is 1. The Bertz CT molecular complexity index is 932. The largest absolute Gasteiger partial charge is 0.505 e. The molecule has 3 aromatic rings. The quantitative estimate of drug-likeness (QED) is 0.510. The van der Waals surface area contributed by atoms with Crippen LogP contribution in [0.5, 0.6) is 5.75 Å². The van der Waals surface area contributed by atoms with Gasteiger partial charge in [0, 0.05) is 11.8 Å². The molecule has 1 aromatic heterocycles. The molecule has 0 saturated carbocycles. The third-order valence-corrected chi connectivity index (χ3v) is 4.55. The third kappa shape index (κ3) is 5.27. The summed E-state index contributed by atoms with van der Waals surface area (Å²) in [5.41, 5.74) is 4.48. The van der Waals surface area contributed by atoms with Gasteiger partial charge in [0.2, 0.25) is 0 Å². The molecule has 3 rings (SSSR count). The molecular formula is C24H24FNO2. The maximum absolute atomic E-state index is 13.5. The Labute approximate surface area is 164 Å². The maximum Gasteiger partial charge on any atom is 0.165 e. The van der Waals surface area contributed by atoms with Gasteiger partial charge in [0.25, 0.3) is 0 Å². The molecule has 28 heavy (non-hydrogen) atoms. The molecule has 0 aliphatic rings. The van der Waals surface area contributed by atoms with Gasteiger partial charge in [0.05, 0.1) is 11.8 Å². The number of hydrogen-bond donors (Lipinski definition) is 2. The van der Waals surface area contributed by atoms with Crippen molar-refractivity contribution in [2.45, 2.75) is 32.3 Å². The van der Waals surface area contributed by atoms with E-state index in [4.69, 9.17) is 0 Å². The maximum atomic E-state index is 13.5. The number of aromatic nitrogens is 1. The predicted octanol–water partition coefficient (Wildman–Crippen LogP) is 5.82. The average Bonchev–Trinajstić information content (AvgIpc) is 2.70. The summed E-state index contributed by atoms with van der Waals surface area (Å²) in [5, 5.41) is 18.6. The fraction of sp³-hybridized carbons (Fsp3) is 0.208. The van der Waals surface area contributed by atoms with Gasteiger partial charge in [0.1, 0.15) is 0 Å². The summed E-state index contributed by atoms with van der Waals surface area (Å²) >= 11 is 0. The fourth-order valence-corrected chi connectivity index (χ4v) is 2.95. The highest BCUT2D eigenvalue weighted by Crippen LogP contribution is 2.27. The lowest BCUT2D eigenvalue weighted by molar-refractivity contribution is 0.182. The van der Waals surface area contributed by atoms with Crippen molar-refractivity contribution in [1.29, 1.82) is 0 Å². The van der Waals surface area contributed by atoms with Crippen molar-refractivity contribution < 1.29 is 14.6 Å². The first-order valence-electron chi connectivity index (χ1n) is 9.43. The van der Waals surface area contributed by atoms with E-state index in [1.54, 1.807) is 6.07 Å². The van der Waals surface area contributed by atoms with E-state index in [9.17, 15) is 14.6 Å². The highest BCUT2D eigenvalue weighted by Gasteiger charge is 2.05. The van der Waals surface area contributed by atoms with Gasteiger partial charge in [-0.1, -0.05) is 48.6 Å². The molecule has 0 aliphatic heterocycles. The van der Waals surface area contributed by atoms with Gasteiger partial charge >= 0.3 is 0 Å². The number of halogens is 1. The number of aliphatic hydroxyl groups excluding tert-OH is 1. The summed E-state index contributed by atoms with van der Waals surface area (Å²) in [7, 11) is 0. The Morgan fingerprint density at radius 3 is 2.36 bits per heavy atom. The molecule has 1 atom stereocenters. The molecule has 3 nitrogen and oxygen atoms in total. The van der Waals surface area contributed by atoms with E-state index in [0.29, 0.717) is 5.56 Å². The van der Waals surface area contributed by atoms with Crippen molar-refractivity contribution in [3.63, 3.8) is 0 Å². The summed E-state index contributed by atoms with van der Waals surface area (Å²) in [6, 6.07) is 16.1. The van der Waals surface area contributed by atoms with E-state index in [1.807, 2.05) is 55.6 Å². The standard InChI is InChI=1S/C24H24FNO2/c1-17(27)5-3-2-4-6-18-7-13-23(26-16-18)20-10-8-19(9-11-20)21-12-14-24(28)22(25)15-21/h4,6-17,27-28H,2-3,5H2,1H3/b6-4+. The summed E-state index contributed by atoms with van der Waals surface area (Å²) in [4.78, 5) is 4.52. The Morgan fingerprint density at radius 2 is 1.71 bits per heavy atom. The highest BCUT2D eigenvalue weighted by atomic mass is 19.1. The summed E-state index contributed by atoms with van der Waals surface area (Å²) < 4.78 is 13.5. The number of unbranched alkanes of at least 4 members (excludes halogenated alkanes) is 1. The summed E-state index contributed by atoms with van der Waals surface area (Å²) in [6.45, 7) is 1.81. The number of aromatic hydroxyl groups is 1. The van der Waals surface area contributed by atoms with Crippen molar-refractivity contribution in [1.82, 2.24) is 4.98 Å². The average molecular weight is 377 g/mol. The van der Waals surface area contributed by atoms with Crippen LogP contribution < -0.4 is 0 Å². The molecule has 0 saturated heterocycles. The molecule has 1 unspecified atom stereocenters. The van der Waals surface area contributed by atoms with Crippen molar-refractivity contribution in [2.24, 2.45) is 0 Å². The molecule has 144 valence electrons. The van der Waals surface area contributed by atoms with E-state index in [1.165, 1.54) is 12.1 Å². The smallest absolute Gasteiger partial charge is 0.165 e. The highest BCUT2D eigenvalue weighted by molar-refractivity contribution is 5.69. The first-order valence-corrected chi connectivity index (χ1v) is 9.43. The van der Waals surface area contributed by atoms with Crippen LogP contribution in [0, 0.1) is 5.82 Å². The van der Waals surface area contributed by atoms with Gasteiger partial charge in [-0.2, -0.15) is 0 Å². The van der Waals surface area contributed by atoms with E-state index in [0.717, 1.165) is 41.6 Å². The minimum absolute atomic E-state index is 0.242. The lowest BCUT2D eigenvalue weighted by Crippen LogP contribution is -1.97. The number of pyridine rings is 1. The van der Waals surface area contributed by atoms with Crippen LogP contribution in [-0.4, -0.2) is 21.3 Å². The van der Waals surface area contributed by atoms with Crippen LogP contribution in [0.1, 0.15) is 31.7 Å². The lowest BCUT2D eigenvalue weighted by atomic mass is 10.0. The van der Waals surface area contributed by atoms with E-state index >= 15 is 0 Å². The second-order valence-electron chi connectivity index (χ2n) is 6.90. The first kappa shape index (κ1) is 19.8. The Hall–Kier alpha value is -2.98. The zero-order chi connectivity index (χ0) is 19.9. The van der Waals surface area contributed by atoms with Gasteiger partial charge in [0.15, 0.2) is 11.6 Å². The molecule has 0 fully saturated rings. The van der Waals surface area contributed by atoms with Gasteiger partial charge in [-0.25, -0.2) is 4.39 Å². The zero-order valence-corrected chi connectivity index (χ0v) is 15.8. The Morgan fingerprint density at radius 1 is 1.00 bits per heavy atom. The summed E-state index contributed by atoms with van der Waals surface area (Å²) in [5.74, 6) is -0.973. The van der Waals surface area contributed by atoms with Crippen molar-refractivity contribution >= 4 is 6.08 Å². The zero-order valence-electron chi connectivity index (χ0n) is 15.8. The van der Waals surface area contributed by atoms with Crippen LogP contribution in [0.4, 0.5) is 4.39 Å². The van der Waals surface area contributed by atoms with E-state index < -0.39 is 5.82 Å². The van der Waals surface area contributed by atoms with Crippen LogP contribution in [0.15, 0.2) is 66.9 Å². The number of nitrogens with zero attached hydrogens (tertiary/aromatic N) is 1. The van der Waals surface area contributed by atoms with E-state index in [-0.39, 0.29) is 11.9 Å². The minimum Gasteiger partial charge on any atom is -0.505 e. The van der Waals surface area contributed by atoms with Crippen LogP contribution >= 0.6 is 0 Å². The number of rotatable bonds is 7. The molecule has 0 radical (unpaired) electrons. The van der Waals surface area contributed by atoms with Crippen LogP contribution in [0.25, 0.3) is 28.5 Å². The Balaban J connectivity index is 1.65. The minimum atomic E-state index is -0.627. The molecule has 0 amide bonds. The number of aliphatic hydroxyl groups is 1. The van der Waals surface area contributed by atoms with Crippen LogP contribution in [0.3, 0.4) is 0 Å². The monoisotopic (exact) mass is 377 g/mol. The van der Waals surface area contributed by atoms with Gasteiger partial charge in [-0.05, 0) is 61.1 Å². The third-order valence-electron chi connectivity index (χ3n) is 4.55. The lowest BCUT2D eigenvalue weighted by Gasteiger charge is -2.06. The summed E-state index contributed by atoms with van der Waals surface area (Å²) in [6.07, 6.45) is 8.46. The number of phenols is 1. The molecule has 4 heteroatoms. The number of benzene rings is 2. The van der Waals surface area contributed by atoms with Gasteiger partial charge < -0.3 is 10.2 Å². The molecular weight excluding hydrogens is 353 g/mol. The Kier molecular flexibility index (Phi) is 6.56. The second kappa shape index (κ2) is 9.29. The predicted molar refractivity (Wildman–Crippen MR) is 111 cm³/mol. The molecule has 0 bridgehead atoms. The van der Waals surface area contributed by atoms with Crippen molar-refractivity contribution in [3.05, 3.63) is 78.3 Å².